The molecule has 0 fully saturated rings. The van der Waals surface area contributed by atoms with Gasteiger partial charge in [0.25, 0.3) is 0 Å². The Morgan fingerprint density at radius 2 is 2.30 bits per heavy atom. The molecule has 0 bridgehead atoms. The van der Waals surface area contributed by atoms with Crippen molar-refractivity contribution >= 4 is 15.9 Å². The summed E-state index contributed by atoms with van der Waals surface area (Å²) in [5.74, 6) is 0.888. The molecule has 2 heterocycles. The number of likely N-dealkylation sites (N-methyl/N-ethyl adjacent to an activating group) is 1. The maximum Gasteiger partial charge on any atom is 0.103 e. The fourth-order valence-electron chi connectivity index (χ4n) is 2.05. The Labute approximate surface area is 127 Å². The number of hydrogen-bond acceptors (Lipinski definition) is 4. The predicted octanol–water partition coefficient (Wildman–Crippen LogP) is 2.47. The van der Waals surface area contributed by atoms with Crippen LogP contribution in [0.5, 0.6) is 0 Å². The topological polar surface area (TPSA) is 54.4 Å². The zero-order chi connectivity index (χ0) is 14.5. The number of rotatable bonds is 7. The number of aliphatic hydroxyl groups is 1. The molecule has 0 aromatic carbocycles. The SMILES string of the molecule is CN(C)CCn1ncc(Br)c1C(O)CCc1ccco1. The summed E-state index contributed by atoms with van der Waals surface area (Å²) < 4.78 is 8.00. The van der Waals surface area contributed by atoms with Crippen molar-refractivity contribution in [2.45, 2.75) is 25.5 Å². The number of aromatic nitrogens is 2. The molecule has 20 heavy (non-hydrogen) atoms. The Morgan fingerprint density at radius 3 is 2.95 bits per heavy atom. The molecule has 1 unspecified atom stereocenters. The highest BCUT2D eigenvalue weighted by Gasteiger charge is 2.18. The molecule has 110 valence electrons. The lowest BCUT2D eigenvalue weighted by atomic mass is 10.1. The van der Waals surface area contributed by atoms with E-state index >= 15 is 0 Å². The summed E-state index contributed by atoms with van der Waals surface area (Å²) in [6.07, 6.45) is 4.15. The summed E-state index contributed by atoms with van der Waals surface area (Å²) in [7, 11) is 4.04. The number of nitrogens with zero attached hydrogens (tertiary/aromatic N) is 3. The molecule has 1 atom stereocenters. The number of aryl methyl sites for hydroxylation is 1. The minimum atomic E-state index is -0.556. The van der Waals surface area contributed by atoms with Crippen LogP contribution < -0.4 is 0 Å². The lowest BCUT2D eigenvalue weighted by Gasteiger charge is -2.15. The van der Waals surface area contributed by atoms with Gasteiger partial charge >= 0.3 is 0 Å². The molecule has 0 aliphatic carbocycles. The largest absolute Gasteiger partial charge is 0.469 e. The Kier molecular flexibility index (Phi) is 5.39. The van der Waals surface area contributed by atoms with Crippen LogP contribution in [0.25, 0.3) is 0 Å². The normalized spacial score (nSPS) is 13.1. The van der Waals surface area contributed by atoms with Crippen LogP contribution >= 0.6 is 15.9 Å². The monoisotopic (exact) mass is 341 g/mol. The minimum absolute atomic E-state index is 0.556. The van der Waals surface area contributed by atoms with Gasteiger partial charge in [0.2, 0.25) is 0 Å². The second-order valence-corrected chi connectivity index (χ2v) is 5.89. The third-order valence-electron chi connectivity index (χ3n) is 3.15. The van der Waals surface area contributed by atoms with Crippen molar-refractivity contribution in [3.05, 3.63) is 40.5 Å². The predicted molar refractivity (Wildman–Crippen MR) is 80.5 cm³/mol. The van der Waals surface area contributed by atoms with Gasteiger partial charge in [-0.3, -0.25) is 4.68 Å². The average molecular weight is 342 g/mol. The Hall–Kier alpha value is -1.11. The molecular formula is C14H20BrN3O2. The number of halogens is 1. The molecule has 0 spiro atoms. The quantitative estimate of drug-likeness (QED) is 0.840. The molecule has 0 saturated heterocycles. The molecule has 0 aliphatic rings. The first kappa shape index (κ1) is 15.3. The van der Waals surface area contributed by atoms with Gasteiger partial charge in [0.1, 0.15) is 5.76 Å². The number of aliphatic hydroxyl groups excluding tert-OH is 1. The Balaban J connectivity index is 2.00. The van der Waals surface area contributed by atoms with Gasteiger partial charge in [0.15, 0.2) is 0 Å². The van der Waals surface area contributed by atoms with Crippen LogP contribution in [0, 0.1) is 0 Å². The molecule has 0 radical (unpaired) electrons. The molecule has 0 aliphatic heterocycles. The highest BCUT2D eigenvalue weighted by molar-refractivity contribution is 9.10. The second-order valence-electron chi connectivity index (χ2n) is 5.04. The van der Waals surface area contributed by atoms with E-state index in [2.05, 4.69) is 25.9 Å². The molecule has 6 heteroatoms. The number of hydrogen-bond donors (Lipinski definition) is 1. The van der Waals surface area contributed by atoms with Crippen LogP contribution in [-0.2, 0) is 13.0 Å². The first-order valence-electron chi connectivity index (χ1n) is 6.64. The van der Waals surface area contributed by atoms with E-state index in [9.17, 15) is 5.11 Å². The molecule has 5 nitrogen and oxygen atoms in total. The summed E-state index contributed by atoms with van der Waals surface area (Å²) >= 11 is 3.46. The summed E-state index contributed by atoms with van der Waals surface area (Å²) in [4.78, 5) is 2.09. The van der Waals surface area contributed by atoms with Crippen molar-refractivity contribution in [2.24, 2.45) is 0 Å². The van der Waals surface area contributed by atoms with E-state index in [1.54, 1.807) is 12.5 Å². The maximum atomic E-state index is 10.4. The van der Waals surface area contributed by atoms with Crippen molar-refractivity contribution in [3.63, 3.8) is 0 Å². The van der Waals surface area contributed by atoms with Crippen LogP contribution in [0.1, 0.15) is 24.0 Å². The van der Waals surface area contributed by atoms with E-state index in [0.29, 0.717) is 12.8 Å². The summed E-state index contributed by atoms with van der Waals surface area (Å²) in [5.41, 5.74) is 0.832. The maximum absolute atomic E-state index is 10.4. The Morgan fingerprint density at radius 1 is 1.50 bits per heavy atom. The summed E-state index contributed by atoms with van der Waals surface area (Å²) in [6, 6.07) is 3.78. The molecule has 0 saturated carbocycles. The molecular weight excluding hydrogens is 322 g/mol. The van der Waals surface area contributed by atoms with Crippen molar-refractivity contribution in [2.75, 3.05) is 20.6 Å². The van der Waals surface area contributed by atoms with Crippen molar-refractivity contribution in [1.82, 2.24) is 14.7 Å². The fourth-order valence-corrected chi connectivity index (χ4v) is 2.61. The third-order valence-corrected chi connectivity index (χ3v) is 3.76. The fraction of sp³-hybridized carbons (Fsp3) is 0.500. The van der Waals surface area contributed by atoms with Crippen LogP contribution in [0.3, 0.4) is 0 Å². The third kappa shape index (κ3) is 3.94. The van der Waals surface area contributed by atoms with E-state index in [1.807, 2.05) is 30.9 Å². The van der Waals surface area contributed by atoms with Crippen LogP contribution in [0.4, 0.5) is 0 Å². The van der Waals surface area contributed by atoms with Crippen LogP contribution in [0.2, 0.25) is 0 Å². The molecule has 2 rings (SSSR count). The van der Waals surface area contributed by atoms with Crippen LogP contribution in [0.15, 0.2) is 33.5 Å². The van der Waals surface area contributed by atoms with Gasteiger partial charge in [-0.2, -0.15) is 5.10 Å². The Bertz CT molecular complexity index is 523. The standard InChI is InChI=1S/C14H20BrN3O2/c1-17(2)7-8-18-14(12(15)10-16-18)13(19)6-5-11-4-3-9-20-11/h3-4,9-10,13,19H,5-8H2,1-2H3. The average Bonchev–Trinajstić information content (AvgIpc) is 3.03. The highest BCUT2D eigenvalue weighted by atomic mass is 79.9. The van der Waals surface area contributed by atoms with Crippen LogP contribution in [-0.4, -0.2) is 40.4 Å². The first-order chi connectivity index (χ1) is 9.58. The van der Waals surface area contributed by atoms with Crippen molar-refractivity contribution in [1.29, 1.82) is 0 Å². The van der Waals surface area contributed by atoms with E-state index in [4.69, 9.17) is 4.42 Å². The number of furan rings is 1. The van der Waals surface area contributed by atoms with Gasteiger partial charge in [-0.15, -0.1) is 0 Å². The van der Waals surface area contributed by atoms with Gasteiger partial charge in [0, 0.05) is 13.0 Å². The van der Waals surface area contributed by atoms with Gasteiger partial charge in [0.05, 0.1) is 35.3 Å². The lowest BCUT2D eigenvalue weighted by Crippen LogP contribution is -2.21. The molecule has 0 amide bonds. The van der Waals surface area contributed by atoms with Crippen molar-refractivity contribution < 1.29 is 9.52 Å². The lowest BCUT2D eigenvalue weighted by molar-refractivity contribution is 0.152. The molecule has 1 N–H and O–H groups in total. The van der Waals surface area contributed by atoms with E-state index in [1.165, 1.54) is 0 Å². The smallest absolute Gasteiger partial charge is 0.103 e. The van der Waals surface area contributed by atoms with Gasteiger partial charge in [-0.1, -0.05) is 0 Å². The highest BCUT2D eigenvalue weighted by Crippen LogP contribution is 2.26. The van der Waals surface area contributed by atoms with E-state index < -0.39 is 6.10 Å². The molecule has 2 aromatic rings. The summed E-state index contributed by atoms with van der Waals surface area (Å²) in [6.45, 7) is 1.64. The molecule has 2 aromatic heterocycles. The zero-order valence-corrected chi connectivity index (χ0v) is 13.4. The van der Waals surface area contributed by atoms with Gasteiger partial charge in [-0.25, -0.2) is 0 Å². The van der Waals surface area contributed by atoms with Crippen molar-refractivity contribution in [3.8, 4) is 0 Å². The first-order valence-corrected chi connectivity index (χ1v) is 7.43. The minimum Gasteiger partial charge on any atom is -0.469 e. The summed E-state index contributed by atoms with van der Waals surface area (Å²) in [5, 5.41) is 14.7. The second kappa shape index (κ2) is 7.06. The van der Waals surface area contributed by atoms with Gasteiger partial charge < -0.3 is 14.4 Å². The zero-order valence-electron chi connectivity index (χ0n) is 11.8. The van der Waals surface area contributed by atoms with E-state index in [0.717, 1.165) is 29.0 Å². The van der Waals surface area contributed by atoms with E-state index in [-0.39, 0.29) is 0 Å². The van der Waals surface area contributed by atoms with Gasteiger partial charge in [-0.05, 0) is 48.6 Å².